The first kappa shape index (κ1) is 57.4. The molecule has 4 saturated heterocycles. The molecule has 0 unspecified atom stereocenters. The summed E-state index contributed by atoms with van der Waals surface area (Å²) >= 11 is 0. The molecule has 4 aliphatic rings. The summed E-state index contributed by atoms with van der Waals surface area (Å²) in [5, 5.41) is 45.7. The van der Waals surface area contributed by atoms with Crippen LogP contribution in [0.1, 0.15) is 133 Å². The van der Waals surface area contributed by atoms with Crippen molar-refractivity contribution in [1.29, 1.82) is 0 Å². The zero-order chi connectivity index (χ0) is 50.4. The maximum Gasteiger partial charge on any atom is 0.303 e. The molecule has 22 heteroatoms. The van der Waals surface area contributed by atoms with Crippen LogP contribution in [0.4, 0.5) is 0 Å². The lowest BCUT2D eigenvalue weighted by Gasteiger charge is -2.50. The van der Waals surface area contributed by atoms with Gasteiger partial charge in [0.1, 0.15) is 42.7 Å². The van der Waals surface area contributed by atoms with Gasteiger partial charge in [0.25, 0.3) is 0 Å². The first-order valence-electron chi connectivity index (χ1n) is 23.9. The van der Waals surface area contributed by atoms with Crippen LogP contribution in [0, 0.1) is 0 Å². The fourth-order valence-corrected chi connectivity index (χ4v) is 8.88. The quantitative estimate of drug-likeness (QED) is 0.0648. The van der Waals surface area contributed by atoms with Gasteiger partial charge in [0.2, 0.25) is 0 Å². The largest absolute Gasteiger partial charge is 0.457 e. The average molecular weight is 981 g/mol. The maximum atomic E-state index is 12.8. The Kier molecular flexibility index (Phi) is 23.2. The summed E-state index contributed by atoms with van der Waals surface area (Å²) in [5.41, 5.74) is 0. The molecule has 0 aromatic heterocycles. The van der Waals surface area contributed by atoms with Crippen molar-refractivity contribution in [2.45, 2.75) is 256 Å². The topological polar surface area (TPSA) is 286 Å². The summed E-state index contributed by atoms with van der Waals surface area (Å²) in [6.45, 7) is 13.9. The van der Waals surface area contributed by atoms with E-state index in [-0.39, 0.29) is 0 Å². The Bertz CT molecular complexity index is 1600. The SMILES string of the molecule is CCCCCCCCCCCCO[C@@H]1O[C@@H](C)[C@H](O[C@@H]2O[C@@H](C)[C@H](OC(C)=O)[C@@H](O[C@@H]3O[C@@H](C)[C@H](OC(C)=O)[C@@H](O[C@@H]4O[C@@H](C)[C@H](OC(C)=O)[C@@H](O)[C@H]4OC(C)=O)[C@H]3OC(C)=O)[C@H]2O)[C@H](O)[C@H]1O. The lowest BCUT2D eigenvalue weighted by molar-refractivity contribution is -0.385. The fraction of sp³-hybridized carbons (Fsp3) is 0.891. The number of carbonyl (C=O) groups excluding carboxylic acids is 5. The van der Waals surface area contributed by atoms with E-state index in [2.05, 4.69) is 6.92 Å². The van der Waals surface area contributed by atoms with Crippen LogP contribution in [-0.4, -0.2) is 180 Å². The number of hydrogen-bond acceptors (Lipinski definition) is 22. The monoisotopic (exact) mass is 980 g/mol. The third-order valence-corrected chi connectivity index (χ3v) is 12.2. The van der Waals surface area contributed by atoms with Crippen molar-refractivity contribution >= 4 is 29.8 Å². The van der Waals surface area contributed by atoms with E-state index in [1.54, 1.807) is 6.92 Å². The van der Waals surface area contributed by atoms with E-state index in [1.807, 2.05) is 0 Å². The lowest BCUT2D eigenvalue weighted by Crippen LogP contribution is -2.67. The Morgan fingerprint density at radius 3 is 1.26 bits per heavy atom. The molecule has 0 aromatic rings. The summed E-state index contributed by atoms with van der Waals surface area (Å²) in [5.74, 6) is -4.16. The van der Waals surface area contributed by atoms with E-state index in [0.29, 0.717) is 6.61 Å². The predicted octanol–water partition coefficient (Wildman–Crippen LogP) is 2.16. The number of aliphatic hydroxyl groups is 4. The molecule has 0 saturated carbocycles. The van der Waals surface area contributed by atoms with Gasteiger partial charge in [0.15, 0.2) is 55.7 Å². The summed E-state index contributed by atoms with van der Waals surface area (Å²) in [6, 6.07) is 0. The van der Waals surface area contributed by atoms with E-state index in [9.17, 15) is 44.4 Å². The van der Waals surface area contributed by atoms with Crippen LogP contribution < -0.4 is 0 Å². The zero-order valence-electron chi connectivity index (χ0n) is 41.0. The molecule has 4 aliphatic heterocycles. The molecule has 0 aliphatic carbocycles. The fourth-order valence-electron chi connectivity index (χ4n) is 8.88. The number of unbranched alkanes of at least 4 members (excludes halogenated alkanes) is 9. The lowest BCUT2D eigenvalue weighted by atomic mass is 9.95. The highest BCUT2D eigenvalue weighted by molar-refractivity contribution is 5.68. The third kappa shape index (κ3) is 16.2. The summed E-state index contributed by atoms with van der Waals surface area (Å²) in [6.07, 6.45) is -17.8. The van der Waals surface area contributed by atoms with Gasteiger partial charge in [0.05, 0.1) is 24.4 Å². The van der Waals surface area contributed by atoms with E-state index in [0.717, 1.165) is 60.3 Å². The Labute approximate surface area is 398 Å². The number of esters is 5. The van der Waals surface area contributed by atoms with Gasteiger partial charge in [-0.3, -0.25) is 24.0 Å². The second kappa shape index (κ2) is 27.5. The normalized spacial score (nSPS) is 38.5. The second-order valence-electron chi connectivity index (χ2n) is 18.0. The Morgan fingerprint density at radius 1 is 0.368 bits per heavy atom. The molecule has 4 heterocycles. The van der Waals surface area contributed by atoms with Crippen molar-refractivity contribution < 1.29 is 106 Å². The van der Waals surface area contributed by atoms with E-state index in [4.69, 9.17) is 61.6 Å². The highest BCUT2D eigenvalue weighted by Gasteiger charge is 2.58. The number of carbonyl (C=O) groups is 5. The molecule has 68 heavy (non-hydrogen) atoms. The van der Waals surface area contributed by atoms with Gasteiger partial charge < -0.3 is 82.0 Å². The van der Waals surface area contributed by atoms with Gasteiger partial charge in [-0.2, -0.15) is 0 Å². The molecular weight excluding hydrogens is 904 g/mol. The smallest absolute Gasteiger partial charge is 0.303 e. The maximum absolute atomic E-state index is 12.8. The van der Waals surface area contributed by atoms with Crippen LogP contribution in [0.5, 0.6) is 0 Å². The van der Waals surface area contributed by atoms with E-state index < -0.39 is 153 Å². The van der Waals surface area contributed by atoms with Gasteiger partial charge in [-0.15, -0.1) is 0 Å². The van der Waals surface area contributed by atoms with Crippen molar-refractivity contribution in [3.63, 3.8) is 0 Å². The van der Waals surface area contributed by atoms with Crippen LogP contribution >= 0.6 is 0 Å². The van der Waals surface area contributed by atoms with Crippen molar-refractivity contribution in [3.8, 4) is 0 Å². The molecule has 0 bridgehead atoms. The molecule has 20 atom stereocenters. The highest BCUT2D eigenvalue weighted by atomic mass is 16.8. The van der Waals surface area contributed by atoms with Crippen LogP contribution in [0.25, 0.3) is 0 Å². The molecule has 0 amide bonds. The number of hydrogen-bond donors (Lipinski definition) is 4. The summed E-state index contributed by atoms with van der Waals surface area (Å²) in [7, 11) is 0. The Hall–Kier alpha value is -3.13. The molecule has 0 aromatic carbocycles. The number of ether oxygens (including phenoxy) is 13. The van der Waals surface area contributed by atoms with Gasteiger partial charge in [-0.25, -0.2) is 0 Å². The first-order chi connectivity index (χ1) is 32.1. The molecular formula is C46H76O22. The predicted molar refractivity (Wildman–Crippen MR) is 232 cm³/mol. The van der Waals surface area contributed by atoms with E-state index >= 15 is 0 Å². The van der Waals surface area contributed by atoms with Gasteiger partial charge in [0, 0.05) is 41.2 Å². The molecule has 22 nitrogen and oxygen atoms in total. The molecule has 4 rings (SSSR count). The van der Waals surface area contributed by atoms with Crippen LogP contribution in [0.3, 0.4) is 0 Å². The molecule has 4 fully saturated rings. The van der Waals surface area contributed by atoms with Gasteiger partial charge in [-0.05, 0) is 34.1 Å². The van der Waals surface area contributed by atoms with Gasteiger partial charge in [-0.1, -0.05) is 64.7 Å². The zero-order valence-corrected chi connectivity index (χ0v) is 41.0. The van der Waals surface area contributed by atoms with Crippen molar-refractivity contribution in [2.75, 3.05) is 6.61 Å². The summed E-state index contributed by atoms with van der Waals surface area (Å²) in [4.78, 5) is 62.0. The minimum atomic E-state index is -1.86. The van der Waals surface area contributed by atoms with Crippen molar-refractivity contribution in [2.24, 2.45) is 0 Å². The molecule has 0 radical (unpaired) electrons. The van der Waals surface area contributed by atoms with Crippen LogP contribution in [0.2, 0.25) is 0 Å². The van der Waals surface area contributed by atoms with Crippen LogP contribution in [-0.2, 0) is 85.6 Å². The Morgan fingerprint density at radius 2 is 0.735 bits per heavy atom. The first-order valence-corrected chi connectivity index (χ1v) is 23.9. The summed E-state index contributed by atoms with van der Waals surface area (Å²) < 4.78 is 76.3. The van der Waals surface area contributed by atoms with Crippen molar-refractivity contribution in [3.05, 3.63) is 0 Å². The third-order valence-electron chi connectivity index (χ3n) is 12.2. The standard InChI is InChI=1S/C46H76O22/c1-11-12-13-14-15-16-17-18-19-20-21-56-43-32(53)31(52)35(22(2)57-43)66-44-34(55)39(37(24(4)58-44)62-27(7)48)67-46-42(65-30(10)51)41(38(25(5)60-46)63-28(8)49)68-45-40(64-29(9)50)33(54)36(23(3)59-45)61-26(6)47/h22-25,31-46,52-55H,11-21H2,1-10H3/t22-,23-,24-,25-,31+,32+,33+,34+,35-,36-,37-,38-,39-,40+,41+,42+,43+,44-,45-,46-/m0/s1. The minimum Gasteiger partial charge on any atom is -0.457 e. The number of aliphatic hydroxyl groups excluding tert-OH is 4. The highest BCUT2D eigenvalue weighted by Crippen LogP contribution is 2.38. The molecule has 0 spiro atoms. The minimum absolute atomic E-state index is 0.295. The Balaban J connectivity index is 1.54. The average Bonchev–Trinajstić information content (AvgIpc) is 3.25. The van der Waals surface area contributed by atoms with Crippen LogP contribution in [0.15, 0.2) is 0 Å². The molecule has 392 valence electrons. The van der Waals surface area contributed by atoms with E-state index in [1.165, 1.54) is 59.3 Å². The van der Waals surface area contributed by atoms with Gasteiger partial charge >= 0.3 is 29.8 Å². The second-order valence-corrected chi connectivity index (χ2v) is 18.0. The van der Waals surface area contributed by atoms with Crippen molar-refractivity contribution in [1.82, 2.24) is 0 Å². The molecule has 4 N–H and O–H groups in total. The number of rotatable bonds is 23.